The van der Waals surface area contributed by atoms with Crippen LogP contribution in [0.3, 0.4) is 0 Å². The molecule has 0 radical (unpaired) electrons. The summed E-state index contributed by atoms with van der Waals surface area (Å²) in [5.74, 6) is 0. The van der Waals surface area contributed by atoms with Gasteiger partial charge in [-0.05, 0) is 70.7 Å². The maximum absolute atomic E-state index is 7.87. The molecule has 2 aromatic carbocycles. The molecule has 0 aromatic heterocycles. The second-order valence-electron chi connectivity index (χ2n) is 14.4. The first-order valence-electron chi connectivity index (χ1n) is 15.1. The Bertz CT molecular complexity index is 1120. The molecule has 2 aromatic rings. The Hall–Kier alpha value is -1.33. The Morgan fingerprint density at radius 2 is 1.17 bits per heavy atom. The summed E-state index contributed by atoms with van der Waals surface area (Å²) in [5.41, 5.74) is 3.72. The Morgan fingerprint density at radius 1 is 0.732 bits per heavy atom. The molecule has 0 heterocycles. The molecule has 0 N–H and O–H groups in total. The molecular formula is C34H58O3Si4. The van der Waals surface area contributed by atoms with Crippen molar-refractivity contribution in [3.8, 4) is 0 Å². The highest BCUT2D eigenvalue weighted by Gasteiger charge is 2.64. The largest absolute Gasteiger partial charge is 0.411 e. The second kappa shape index (κ2) is 12.7. The zero-order valence-electron chi connectivity index (χ0n) is 28.4. The Kier molecular flexibility index (Phi) is 11.1. The first-order valence-corrected chi connectivity index (χ1v) is 26.1. The van der Waals surface area contributed by atoms with Crippen LogP contribution in [0.15, 0.2) is 85.2 Å². The topological polar surface area (TPSA) is 27.7 Å². The van der Waals surface area contributed by atoms with E-state index >= 15 is 0 Å². The van der Waals surface area contributed by atoms with Crippen LogP contribution in [0.4, 0.5) is 0 Å². The van der Waals surface area contributed by atoms with E-state index in [1.165, 1.54) is 10.4 Å². The van der Waals surface area contributed by atoms with E-state index in [0.29, 0.717) is 0 Å². The average Bonchev–Trinajstić information content (AvgIpc) is 2.91. The zero-order chi connectivity index (χ0) is 31.5. The molecule has 0 fully saturated rings. The van der Waals surface area contributed by atoms with Gasteiger partial charge in [-0.3, -0.25) is 0 Å². The van der Waals surface area contributed by atoms with Crippen molar-refractivity contribution in [2.45, 2.75) is 116 Å². The number of hydrogen-bond acceptors (Lipinski definition) is 3. The smallest absolute Gasteiger partial charge is 0.264 e. The summed E-state index contributed by atoms with van der Waals surface area (Å²) < 4.78 is 22.1. The van der Waals surface area contributed by atoms with Crippen molar-refractivity contribution in [2.24, 2.45) is 0 Å². The summed E-state index contributed by atoms with van der Waals surface area (Å²) >= 11 is 0. The van der Waals surface area contributed by atoms with Gasteiger partial charge in [0.05, 0.1) is 11.3 Å². The molecule has 2 rings (SSSR count). The van der Waals surface area contributed by atoms with Gasteiger partial charge in [0.2, 0.25) is 16.6 Å². The van der Waals surface area contributed by atoms with Crippen molar-refractivity contribution in [1.82, 2.24) is 0 Å². The van der Waals surface area contributed by atoms with Crippen LogP contribution < -0.4 is 10.4 Å². The maximum atomic E-state index is 7.87. The molecule has 7 heteroatoms. The van der Waals surface area contributed by atoms with Crippen LogP contribution in [-0.2, 0) is 13.3 Å². The van der Waals surface area contributed by atoms with Gasteiger partial charge in [0.15, 0.2) is 0 Å². The molecule has 0 aliphatic carbocycles. The summed E-state index contributed by atoms with van der Waals surface area (Å²) in [6, 6.07) is 21.9. The summed E-state index contributed by atoms with van der Waals surface area (Å²) in [7, 11) is -9.39. The molecule has 2 atom stereocenters. The minimum atomic E-state index is -3.05. The Balaban J connectivity index is 2.91. The van der Waals surface area contributed by atoms with Gasteiger partial charge in [0.1, 0.15) is 8.07 Å². The standard InChI is InChI=1S/C34H58O3Si4/c1-16-34(9,37-40(14,15)29(4)35-39(12,13)18-3)32(5,6)41(30-25-21-19-22-26-30,31-27-23-20-24-28-31)36-33(7,8)38(10,11)17-2/h17-29H,2-3,16H2,1,4-15H3. The molecule has 0 saturated heterocycles. The third kappa shape index (κ3) is 7.08. The zero-order valence-corrected chi connectivity index (χ0v) is 32.4. The van der Waals surface area contributed by atoms with Crippen molar-refractivity contribution < 1.29 is 13.3 Å². The van der Waals surface area contributed by atoms with Gasteiger partial charge in [-0.15, -0.1) is 13.2 Å². The molecule has 0 bridgehead atoms. The predicted molar refractivity (Wildman–Crippen MR) is 190 cm³/mol. The van der Waals surface area contributed by atoms with E-state index in [1.807, 2.05) is 5.70 Å². The summed E-state index contributed by atoms with van der Waals surface area (Å²) in [4.78, 5) is 0. The van der Waals surface area contributed by atoms with Gasteiger partial charge < -0.3 is 13.3 Å². The van der Waals surface area contributed by atoms with Crippen molar-refractivity contribution in [3.63, 3.8) is 0 Å². The lowest BCUT2D eigenvalue weighted by molar-refractivity contribution is 0.0118. The van der Waals surface area contributed by atoms with Crippen molar-refractivity contribution in [1.29, 1.82) is 0 Å². The monoisotopic (exact) mass is 626 g/mol. The van der Waals surface area contributed by atoms with Gasteiger partial charge in [0, 0.05) is 10.3 Å². The molecule has 3 nitrogen and oxygen atoms in total. The lowest BCUT2D eigenvalue weighted by Crippen LogP contribution is -2.76. The van der Waals surface area contributed by atoms with E-state index in [1.54, 1.807) is 0 Å². The predicted octanol–water partition coefficient (Wildman–Crippen LogP) is 8.56. The number of benzene rings is 2. The van der Waals surface area contributed by atoms with Gasteiger partial charge in [0.25, 0.3) is 8.32 Å². The maximum Gasteiger partial charge on any atom is 0.264 e. The molecule has 228 valence electrons. The Labute approximate surface area is 256 Å². The van der Waals surface area contributed by atoms with Crippen LogP contribution in [0.1, 0.15) is 54.9 Å². The molecule has 0 spiro atoms. The van der Waals surface area contributed by atoms with Gasteiger partial charge in [-0.1, -0.05) is 106 Å². The van der Waals surface area contributed by atoms with Crippen LogP contribution in [0.5, 0.6) is 0 Å². The summed E-state index contributed by atoms with van der Waals surface area (Å²) in [5, 5.41) is 1.79. The minimum absolute atomic E-state index is 0.0258. The molecule has 0 saturated carbocycles. The van der Waals surface area contributed by atoms with E-state index in [0.717, 1.165) is 6.42 Å². The van der Waals surface area contributed by atoms with Crippen molar-refractivity contribution in [2.75, 3.05) is 0 Å². The highest BCUT2D eigenvalue weighted by molar-refractivity contribution is 7.00. The molecule has 41 heavy (non-hydrogen) atoms. The molecule has 0 aliphatic rings. The van der Waals surface area contributed by atoms with E-state index in [9.17, 15) is 0 Å². The van der Waals surface area contributed by atoms with Gasteiger partial charge >= 0.3 is 0 Å². The molecule has 0 amide bonds. The SMILES string of the molecule is C=C[Si](C)(C)OC(C)[Si](C)(C)OC(C)(CC)C(C)(C)[Si](OC(C)(C)[Si](C)(C)C=C)(c1ccccc1)c1ccccc1. The van der Waals surface area contributed by atoms with Gasteiger partial charge in [-0.2, -0.15) is 0 Å². The fourth-order valence-corrected chi connectivity index (χ4v) is 17.8. The number of hydrogen-bond donors (Lipinski definition) is 0. The molecule has 0 aliphatic heterocycles. The highest BCUT2D eigenvalue weighted by Crippen LogP contribution is 2.53. The van der Waals surface area contributed by atoms with E-state index in [-0.39, 0.29) is 16.0 Å². The van der Waals surface area contributed by atoms with Crippen LogP contribution in [-0.4, -0.2) is 49.6 Å². The first-order chi connectivity index (χ1) is 18.7. The first kappa shape index (κ1) is 35.9. The lowest BCUT2D eigenvalue weighted by atomic mass is 9.89. The van der Waals surface area contributed by atoms with Crippen LogP contribution in [0.25, 0.3) is 0 Å². The van der Waals surface area contributed by atoms with Crippen LogP contribution in [0, 0.1) is 0 Å². The summed E-state index contributed by atoms with van der Waals surface area (Å²) in [6.07, 6.45) is 0.853. The van der Waals surface area contributed by atoms with Crippen molar-refractivity contribution in [3.05, 3.63) is 85.2 Å². The average molecular weight is 627 g/mol. The van der Waals surface area contributed by atoms with Crippen LogP contribution >= 0.6 is 0 Å². The number of rotatable bonds is 15. The van der Waals surface area contributed by atoms with E-state index < -0.39 is 38.6 Å². The fourth-order valence-electron chi connectivity index (χ4n) is 5.56. The van der Waals surface area contributed by atoms with Gasteiger partial charge in [-0.25, -0.2) is 0 Å². The van der Waals surface area contributed by atoms with Crippen LogP contribution in [0.2, 0.25) is 44.3 Å². The normalized spacial score (nSPS) is 16.1. The summed E-state index contributed by atoms with van der Waals surface area (Å²) in [6.45, 7) is 38.2. The quantitative estimate of drug-likeness (QED) is 0.185. The molecule has 2 unspecified atom stereocenters. The fraction of sp³-hybridized carbons (Fsp3) is 0.529. The Morgan fingerprint density at radius 3 is 1.54 bits per heavy atom. The molecular weight excluding hydrogens is 569 g/mol. The second-order valence-corrected chi connectivity index (χ2v) is 31.5. The third-order valence-corrected chi connectivity index (χ3v) is 25.2. The van der Waals surface area contributed by atoms with E-state index in [2.05, 4.69) is 167 Å². The third-order valence-electron chi connectivity index (χ3n) is 10.1. The highest BCUT2D eigenvalue weighted by atomic mass is 28.4. The van der Waals surface area contributed by atoms with Crippen molar-refractivity contribution >= 4 is 43.4 Å². The lowest BCUT2D eigenvalue weighted by Gasteiger charge is -2.59. The van der Waals surface area contributed by atoms with E-state index in [4.69, 9.17) is 13.3 Å². The minimum Gasteiger partial charge on any atom is -0.411 e.